The first-order valence-electron chi connectivity index (χ1n) is 36.8. The molecule has 0 saturated carbocycles. The van der Waals surface area contributed by atoms with Crippen molar-refractivity contribution in [2.45, 2.75) is 419 Å². The number of carbonyl (C=O) groups is 4. The van der Waals surface area contributed by atoms with Crippen molar-refractivity contribution in [3.63, 3.8) is 0 Å². The number of hydrogen-bond acceptors (Lipinski definition) is 7. The van der Waals surface area contributed by atoms with Crippen LogP contribution in [0.2, 0.25) is 0 Å². The van der Waals surface area contributed by atoms with E-state index in [1.54, 1.807) is 0 Å². The van der Waals surface area contributed by atoms with Gasteiger partial charge in [0.15, 0.2) is 6.10 Å². The maximum atomic E-state index is 12.8. The monoisotopic (exact) mass is 1170 g/mol. The number of rotatable bonds is 67. The minimum Gasteiger partial charge on any atom is -0.481 e. The number of esters is 3. The summed E-state index contributed by atoms with van der Waals surface area (Å²) >= 11 is 0. The molecule has 8 nitrogen and oxygen atoms in total. The summed E-state index contributed by atoms with van der Waals surface area (Å²) in [6.07, 6.45) is 80.3. The van der Waals surface area contributed by atoms with Gasteiger partial charge in [0, 0.05) is 25.7 Å². The van der Waals surface area contributed by atoms with Crippen molar-refractivity contribution in [1.82, 2.24) is 0 Å². The van der Waals surface area contributed by atoms with Crippen molar-refractivity contribution in [1.29, 1.82) is 0 Å². The second kappa shape index (κ2) is 73.6. The average molecular weight is 1170 g/mol. The van der Waals surface area contributed by atoms with Gasteiger partial charge in [-0.15, -0.1) is 0 Å². The van der Waals surface area contributed by atoms with Gasteiger partial charge in [-0.2, -0.15) is 0 Å². The van der Waals surface area contributed by atoms with E-state index in [0.717, 1.165) is 77.0 Å². The second-order valence-electron chi connectivity index (χ2n) is 24.9. The smallest absolute Gasteiger partial charge is 0.306 e. The number of unbranched alkanes of at least 4 members (excludes halogenated alkanes) is 50. The van der Waals surface area contributed by atoms with E-state index in [2.05, 4.69) is 52.0 Å². The summed E-state index contributed by atoms with van der Waals surface area (Å²) in [7, 11) is 0. The summed E-state index contributed by atoms with van der Waals surface area (Å²) in [6.45, 7) is 8.94. The van der Waals surface area contributed by atoms with Gasteiger partial charge in [0.25, 0.3) is 0 Å². The molecule has 83 heavy (non-hydrogen) atoms. The minimum absolute atomic E-state index is 0.0675. The molecule has 0 heterocycles. The van der Waals surface area contributed by atoms with E-state index in [9.17, 15) is 19.2 Å². The molecule has 0 rings (SSSR count). The molecule has 0 fully saturated rings. The van der Waals surface area contributed by atoms with Crippen molar-refractivity contribution in [2.24, 2.45) is 0 Å². The third-order valence-corrected chi connectivity index (χ3v) is 16.4. The van der Waals surface area contributed by atoms with Crippen molar-refractivity contribution in [2.75, 3.05) is 13.2 Å². The highest BCUT2D eigenvalue weighted by Crippen LogP contribution is 2.18. The van der Waals surface area contributed by atoms with E-state index in [1.807, 2.05) is 0 Å². The van der Waals surface area contributed by atoms with Crippen LogP contribution in [0.1, 0.15) is 413 Å². The summed E-state index contributed by atoms with van der Waals surface area (Å²) in [5, 5.41) is 8.51. The molecule has 8 heteroatoms. The highest BCUT2D eigenvalue weighted by molar-refractivity contribution is 5.71. The van der Waals surface area contributed by atoms with Gasteiger partial charge in [0.05, 0.1) is 0 Å². The normalized spacial score (nSPS) is 11.5. The van der Waals surface area contributed by atoms with E-state index in [0.29, 0.717) is 25.7 Å². The van der Waals surface area contributed by atoms with Crippen molar-refractivity contribution >= 4 is 23.9 Å². The Morgan fingerprint density at radius 2 is 0.458 bits per heavy atom. The fourth-order valence-electron chi connectivity index (χ4n) is 10.8. The van der Waals surface area contributed by atoms with E-state index >= 15 is 0 Å². The summed E-state index contributed by atoms with van der Waals surface area (Å²) in [5.74, 6) is -1.52. The van der Waals surface area contributed by atoms with Crippen LogP contribution >= 0.6 is 0 Å². The molecule has 0 spiro atoms. The van der Waals surface area contributed by atoms with Crippen molar-refractivity contribution in [3.05, 3.63) is 24.3 Å². The van der Waals surface area contributed by atoms with Gasteiger partial charge in [-0.25, -0.2) is 0 Å². The first-order chi connectivity index (χ1) is 40.8. The molecule has 0 aromatic rings. The molecule has 0 saturated heterocycles. The largest absolute Gasteiger partial charge is 0.481 e. The molecule has 0 radical (unpaired) electrons. The molecular formula is C75H142O8. The summed E-state index contributed by atoms with van der Waals surface area (Å²) in [5.41, 5.74) is 0. The van der Waals surface area contributed by atoms with E-state index < -0.39 is 12.1 Å². The molecule has 0 aromatic carbocycles. The summed E-state index contributed by atoms with van der Waals surface area (Å²) < 4.78 is 16.9. The average Bonchev–Trinajstić information content (AvgIpc) is 3.47. The Kier molecular flexibility index (Phi) is 73.1. The molecular weight excluding hydrogens is 1030 g/mol. The quantitative estimate of drug-likeness (QED) is 0.0277. The minimum atomic E-state index is -0.768. The van der Waals surface area contributed by atoms with Crippen molar-refractivity contribution < 1.29 is 38.5 Å². The van der Waals surface area contributed by atoms with Crippen LogP contribution in [0.15, 0.2) is 24.3 Å². The van der Waals surface area contributed by atoms with E-state index in [4.69, 9.17) is 19.3 Å². The first-order valence-corrected chi connectivity index (χ1v) is 36.8. The Hall–Kier alpha value is -2.64. The molecule has 0 aliphatic rings. The number of hydrogen-bond donors (Lipinski definition) is 1. The zero-order valence-electron chi connectivity index (χ0n) is 56.0. The molecule has 0 aliphatic carbocycles. The fraction of sp³-hybridized carbons (Fsp3) is 0.893. The third kappa shape index (κ3) is 75.4. The number of carboxylic acid groups (broad SMARTS) is 1. The van der Waals surface area contributed by atoms with Crippen LogP contribution in [0.5, 0.6) is 0 Å². The fourth-order valence-corrected chi connectivity index (χ4v) is 10.8. The number of allylic oxidation sites excluding steroid dienone is 4. The topological polar surface area (TPSA) is 116 Å². The highest BCUT2D eigenvalue weighted by Gasteiger charge is 2.20. The summed E-state index contributed by atoms with van der Waals surface area (Å²) in [4.78, 5) is 48.4. The van der Waals surface area contributed by atoms with Gasteiger partial charge in [-0.05, 0) is 77.0 Å². The van der Waals surface area contributed by atoms with Gasteiger partial charge in [-0.3, -0.25) is 19.2 Å². The Labute approximate surface area is 516 Å². The standard InChI is InChI=1S/C57H108O6.C18H34O2/c1-4-7-10-13-16-19-22-25-28-31-34-37-40-43-46-49-55(58)61-52-54(63-57(60)51-48-45-42-39-36-33-30-27-24-21-18-15-12-9-6-3)53-62-56(59)50-47-44-41-38-35-32-29-26-23-20-17-14-11-8-5-2;1-2-3-4-5-6-7-8-9-10-11-12-13-14-15-16-17-18(19)20/h27,30,54H,4-26,28-29,31-53H2,1-3H3;9-10H,2-8,11-17H2,1H3,(H,19,20). The molecule has 0 aromatic heterocycles. The predicted octanol–water partition coefficient (Wildman–Crippen LogP) is 24.7. The zero-order valence-corrected chi connectivity index (χ0v) is 56.0. The predicted molar refractivity (Wildman–Crippen MR) is 357 cm³/mol. The zero-order chi connectivity index (χ0) is 60.7. The maximum absolute atomic E-state index is 12.8. The second-order valence-corrected chi connectivity index (χ2v) is 24.9. The number of ether oxygens (including phenoxy) is 3. The molecule has 0 amide bonds. The van der Waals surface area contributed by atoms with Crippen LogP contribution in [0.3, 0.4) is 0 Å². The van der Waals surface area contributed by atoms with Gasteiger partial charge in [-0.1, -0.05) is 335 Å². The lowest BCUT2D eigenvalue weighted by atomic mass is 10.0. The van der Waals surface area contributed by atoms with E-state index in [-0.39, 0.29) is 31.1 Å². The van der Waals surface area contributed by atoms with Crippen LogP contribution < -0.4 is 0 Å². The van der Waals surface area contributed by atoms with Gasteiger partial charge < -0.3 is 19.3 Å². The number of carboxylic acids is 1. The molecule has 0 atom stereocenters. The molecule has 0 aliphatic heterocycles. The molecule has 490 valence electrons. The Balaban J connectivity index is 0. The van der Waals surface area contributed by atoms with Crippen LogP contribution in [-0.4, -0.2) is 48.3 Å². The van der Waals surface area contributed by atoms with E-state index in [1.165, 1.54) is 283 Å². The van der Waals surface area contributed by atoms with Crippen LogP contribution in [0.4, 0.5) is 0 Å². The van der Waals surface area contributed by atoms with Crippen LogP contribution in [-0.2, 0) is 33.4 Å². The molecule has 0 unspecified atom stereocenters. The Bertz CT molecular complexity index is 1330. The Morgan fingerprint density at radius 3 is 0.687 bits per heavy atom. The molecule has 0 bridgehead atoms. The highest BCUT2D eigenvalue weighted by atomic mass is 16.6. The lowest BCUT2D eigenvalue weighted by Crippen LogP contribution is -2.30. The van der Waals surface area contributed by atoms with Crippen LogP contribution in [0, 0.1) is 0 Å². The maximum Gasteiger partial charge on any atom is 0.306 e. The lowest BCUT2D eigenvalue weighted by molar-refractivity contribution is -0.167. The van der Waals surface area contributed by atoms with Crippen LogP contribution in [0.25, 0.3) is 0 Å². The molecule has 1 N–H and O–H groups in total. The Morgan fingerprint density at radius 1 is 0.265 bits per heavy atom. The van der Waals surface area contributed by atoms with Gasteiger partial charge in [0.1, 0.15) is 13.2 Å². The first kappa shape index (κ1) is 82.4. The van der Waals surface area contributed by atoms with Gasteiger partial charge >= 0.3 is 23.9 Å². The summed E-state index contributed by atoms with van der Waals surface area (Å²) in [6, 6.07) is 0. The number of aliphatic carboxylic acids is 1. The van der Waals surface area contributed by atoms with Crippen molar-refractivity contribution in [3.8, 4) is 0 Å². The number of carbonyl (C=O) groups excluding carboxylic acids is 3. The third-order valence-electron chi connectivity index (χ3n) is 16.4. The SMILES string of the molecule is CCCCCCCCC=CCCCCCCCC(=O)O.CCCCCCCCC=CCCCCCCCC(=O)OC(COC(=O)CCCCCCCCCCCCCCCCC)COC(=O)CCCCCCCCCCCCCCCCC. The van der Waals surface area contributed by atoms with Gasteiger partial charge in [0.2, 0.25) is 0 Å². The lowest BCUT2D eigenvalue weighted by Gasteiger charge is -2.18.